The fraction of sp³-hybridized carbons (Fsp3) is 0.250. The highest BCUT2D eigenvalue weighted by Gasteiger charge is 2.51. The van der Waals surface area contributed by atoms with Crippen LogP contribution in [0, 0.1) is 6.92 Å². The molecule has 0 unspecified atom stereocenters. The lowest BCUT2D eigenvalue weighted by Crippen LogP contribution is -2.28. The lowest BCUT2D eigenvalue weighted by atomic mass is 9.94. The van der Waals surface area contributed by atoms with Gasteiger partial charge in [0, 0.05) is 13.2 Å². The van der Waals surface area contributed by atoms with Crippen LogP contribution in [0.5, 0.6) is 11.5 Å². The van der Waals surface area contributed by atoms with Crippen LogP contribution in [0.2, 0.25) is 0 Å². The fourth-order valence-corrected chi connectivity index (χ4v) is 3.99. The Morgan fingerprint density at radius 1 is 1.17 bits per heavy atom. The zero-order valence-electron chi connectivity index (χ0n) is 16.6. The molecule has 6 nitrogen and oxygen atoms in total. The van der Waals surface area contributed by atoms with Crippen LogP contribution in [0.1, 0.15) is 31.0 Å². The number of benzene rings is 2. The number of fused-ring (bicyclic) bond motifs is 1. The summed E-state index contributed by atoms with van der Waals surface area (Å²) in [6.45, 7) is 2.10. The first-order valence-electron chi connectivity index (χ1n) is 9.98. The Morgan fingerprint density at radius 3 is 2.73 bits per heavy atom. The predicted octanol–water partition coefficient (Wildman–Crippen LogP) is 4.19. The summed E-state index contributed by atoms with van der Waals surface area (Å²) in [6, 6.07) is 15.4. The number of anilines is 1. The number of ether oxygens (including phenoxy) is 2. The van der Waals surface area contributed by atoms with Crippen LogP contribution in [0.25, 0.3) is 11.1 Å². The number of hydrogen-bond acceptors (Lipinski definition) is 5. The van der Waals surface area contributed by atoms with Gasteiger partial charge in [-0.05, 0) is 60.2 Å². The number of pyridine rings is 1. The molecule has 1 aromatic heterocycles. The molecule has 0 bridgehead atoms. The maximum absolute atomic E-state index is 13.1. The third kappa shape index (κ3) is 3.09. The summed E-state index contributed by atoms with van der Waals surface area (Å²) in [6.07, 6.45) is 3.32. The molecular formula is C24H24N2O4. The minimum Gasteiger partial charge on any atom is -0.454 e. The van der Waals surface area contributed by atoms with Crippen molar-refractivity contribution < 1.29 is 20.8 Å². The van der Waals surface area contributed by atoms with Crippen LogP contribution >= 0.6 is 0 Å². The number of carbonyl (C=O) groups is 1. The third-order valence-corrected chi connectivity index (χ3v) is 5.92. The highest BCUT2D eigenvalue weighted by Crippen LogP contribution is 2.51. The minimum atomic E-state index is -0.544. The molecule has 0 radical (unpaired) electrons. The van der Waals surface area contributed by atoms with E-state index >= 15 is 0 Å². The maximum atomic E-state index is 13.1. The molecular weight excluding hydrogens is 380 g/mol. The number of aliphatic hydroxyl groups is 1. The average Bonchev–Trinajstić information content (AvgIpc) is 3.46. The molecule has 0 saturated heterocycles. The zero-order chi connectivity index (χ0) is 20.7. The van der Waals surface area contributed by atoms with Gasteiger partial charge in [-0.25, -0.2) is 4.98 Å². The van der Waals surface area contributed by atoms with E-state index < -0.39 is 5.41 Å². The highest BCUT2D eigenvalue weighted by molar-refractivity contribution is 6.01. The first-order valence-corrected chi connectivity index (χ1v) is 9.98. The second-order valence-electron chi connectivity index (χ2n) is 7.81. The molecule has 0 atom stereocenters. The molecule has 1 amide bonds. The number of carbonyl (C=O) groups excluding carboxylic acids is 1. The summed E-state index contributed by atoms with van der Waals surface area (Å²) < 4.78 is 10.8. The zero-order valence-corrected chi connectivity index (χ0v) is 16.6. The number of rotatable bonds is 5. The van der Waals surface area contributed by atoms with Crippen molar-refractivity contribution in [2.24, 2.45) is 0 Å². The van der Waals surface area contributed by atoms with E-state index in [1.807, 2.05) is 55.5 Å². The number of nitrogens with zero attached hydrogens (tertiary/aromatic N) is 1. The number of amides is 1. The molecule has 2 N–H and O–H groups in total. The quantitative estimate of drug-likeness (QED) is 0.666. The summed E-state index contributed by atoms with van der Waals surface area (Å²) in [5.74, 6) is 1.90. The van der Waals surface area contributed by atoms with Gasteiger partial charge < -0.3 is 19.9 Å². The van der Waals surface area contributed by atoms with Crippen LogP contribution < -0.4 is 14.8 Å². The Hall–Kier alpha value is -3.38. The van der Waals surface area contributed by atoms with Crippen molar-refractivity contribution in [1.82, 2.24) is 4.98 Å². The van der Waals surface area contributed by atoms with Gasteiger partial charge in [-0.3, -0.25) is 4.79 Å². The highest BCUT2D eigenvalue weighted by atomic mass is 16.7. The van der Waals surface area contributed by atoms with Crippen LogP contribution in [0.4, 0.5) is 5.82 Å². The number of hydrogen-bond donors (Lipinski definition) is 2. The lowest BCUT2D eigenvalue weighted by molar-refractivity contribution is -0.118. The molecule has 1 aliphatic heterocycles. The van der Waals surface area contributed by atoms with E-state index in [0.717, 1.165) is 40.7 Å². The SMILES string of the molecule is Cc1cc(-c2ccccc2CO)cnc1NC(=O)C1(c2ccc3c(c2)OCO3)CC1.[HH]. The number of aliphatic hydroxyl groups excluding tert-OH is 1. The summed E-state index contributed by atoms with van der Waals surface area (Å²) in [7, 11) is 0. The van der Waals surface area contributed by atoms with Crippen LogP contribution in [0.15, 0.2) is 54.7 Å². The van der Waals surface area contributed by atoms with Gasteiger partial charge in [0.25, 0.3) is 0 Å². The topological polar surface area (TPSA) is 80.7 Å². The van der Waals surface area contributed by atoms with Crippen molar-refractivity contribution in [2.75, 3.05) is 12.1 Å². The van der Waals surface area contributed by atoms with Gasteiger partial charge >= 0.3 is 0 Å². The van der Waals surface area contributed by atoms with E-state index in [2.05, 4.69) is 10.3 Å². The van der Waals surface area contributed by atoms with Gasteiger partial charge in [0.05, 0.1) is 12.0 Å². The molecule has 2 aromatic carbocycles. The van der Waals surface area contributed by atoms with E-state index in [1.54, 1.807) is 6.20 Å². The Morgan fingerprint density at radius 2 is 1.97 bits per heavy atom. The Kier molecular flexibility index (Phi) is 4.44. The Bertz CT molecular complexity index is 1140. The second kappa shape index (κ2) is 7.15. The van der Waals surface area contributed by atoms with Crippen molar-refractivity contribution in [1.29, 1.82) is 0 Å². The maximum Gasteiger partial charge on any atom is 0.236 e. The van der Waals surface area contributed by atoms with E-state index in [-0.39, 0.29) is 20.7 Å². The van der Waals surface area contributed by atoms with Gasteiger partial charge in [-0.1, -0.05) is 30.3 Å². The number of aromatic nitrogens is 1. The molecule has 30 heavy (non-hydrogen) atoms. The van der Waals surface area contributed by atoms with E-state index in [0.29, 0.717) is 17.3 Å². The van der Waals surface area contributed by atoms with Crippen LogP contribution in [-0.2, 0) is 16.8 Å². The molecule has 1 fully saturated rings. The molecule has 154 valence electrons. The summed E-state index contributed by atoms with van der Waals surface area (Å²) in [5.41, 5.74) is 3.96. The summed E-state index contributed by atoms with van der Waals surface area (Å²) in [5, 5.41) is 12.6. The monoisotopic (exact) mass is 404 g/mol. The van der Waals surface area contributed by atoms with Crippen molar-refractivity contribution in [3.63, 3.8) is 0 Å². The van der Waals surface area contributed by atoms with E-state index in [4.69, 9.17) is 9.47 Å². The molecule has 5 rings (SSSR count). The van der Waals surface area contributed by atoms with Crippen LogP contribution in [-0.4, -0.2) is 22.8 Å². The largest absolute Gasteiger partial charge is 0.454 e. The second-order valence-corrected chi connectivity index (χ2v) is 7.81. The average molecular weight is 404 g/mol. The van der Waals surface area contributed by atoms with E-state index in [1.165, 1.54) is 0 Å². The smallest absolute Gasteiger partial charge is 0.236 e. The molecule has 0 spiro atoms. The number of nitrogens with one attached hydrogen (secondary N) is 1. The van der Waals surface area contributed by atoms with Gasteiger partial charge in [-0.15, -0.1) is 0 Å². The third-order valence-electron chi connectivity index (χ3n) is 5.92. The van der Waals surface area contributed by atoms with E-state index in [9.17, 15) is 9.90 Å². The Labute approximate surface area is 176 Å². The van der Waals surface area contributed by atoms with Gasteiger partial charge in [0.1, 0.15) is 5.82 Å². The Balaban J connectivity index is 0.00000231. The normalized spacial score (nSPS) is 15.7. The molecule has 1 saturated carbocycles. The molecule has 6 heteroatoms. The molecule has 1 aliphatic carbocycles. The summed E-state index contributed by atoms with van der Waals surface area (Å²) >= 11 is 0. The van der Waals surface area contributed by atoms with Crippen LogP contribution in [0.3, 0.4) is 0 Å². The van der Waals surface area contributed by atoms with Crippen molar-refractivity contribution >= 4 is 11.7 Å². The molecule has 2 aliphatic rings. The van der Waals surface area contributed by atoms with Gasteiger partial charge in [0.15, 0.2) is 11.5 Å². The lowest BCUT2D eigenvalue weighted by Gasteiger charge is -2.17. The first-order chi connectivity index (χ1) is 14.6. The molecule has 3 aromatic rings. The standard InChI is InChI=1S/C24H22N2O4.H2/c1-15-10-17(19-5-3-2-4-16(19)13-27)12-25-22(15)26-23(28)24(8-9-24)18-6-7-20-21(11-18)30-14-29-20;/h2-7,10-12,27H,8-9,13-14H2,1H3,(H,25,26,28);1H. The minimum absolute atomic E-state index is 0. The first kappa shape index (κ1) is 18.6. The molecule has 2 heterocycles. The van der Waals surface area contributed by atoms with Crippen molar-refractivity contribution in [2.45, 2.75) is 31.8 Å². The fourth-order valence-electron chi connectivity index (χ4n) is 3.99. The van der Waals surface area contributed by atoms with Crippen molar-refractivity contribution in [3.8, 4) is 22.6 Å². The predicted molar refractivity (Wildman–Crippen MR) is 115 cm³/mol. The van der Waals surface area contributed by atoms with Gasteiger partial charge in [0.2, 0.25) is 12.7 Å². The number of aryl methyl sites for hydroxylation is 1. The van der Waals surface area contributed by atoms with Crippen molar-refractivity contribution in [3.05, 3.63) is 71.4 Å². The van der Waals surface area contributed by atoms with Gasteiger partial charge in [-0.2, -0.15) is 0 Å². The summed E-state index contributed by atoms with van der Waals surface area (Å²) in [4.78, 5) is 17.7.